The molecule has 0 atom stereocenters. The van der Waals surface area contributed by atoms with E-state index >= 15 is 0 Å². The predicted octanol–water partition coefficient (Wildman–Crippen LogP) is 3.09. The third-order valence-corrected chi connectivity index (χ3v) is 3.57. The average Bonchev–Trinajstić information content (AvgIpc) is 2.48. The Bertz CT molecular complexity index is 785. The van der Waals surface area contributed by atoms with Crippen molar-refractivity contribution < 1.29 is 14.6 Å². The van der Waals surface area contributed by atoms with E-state index < -0.39 is 6.09 Å². The summed E-state index contributed by atoms with van der Waals surface area (Å²) in [7, 11) is 2.89. The van der Waals surface area contributed by atoms with Crippen molar-refractivity contribution in [3.05, 3.63) is 33.6 Å². The molecule has 1 amide bonds. The summed E-state index contributed by atoms with van der Waals surface area (Å²) < 4.78 is 7.01. The Morgan fingerprint density at radius 2 is 2.09 bits per heavy atom. The molecule has 2 rings (SSSR count). The van der Waals surface area contributed by atoms with Crippen LogP contribution in [-0.2, 0) is 7.05 Å². The van der Waals surface area contributed by atoms with Gasteiger partial charge in [0.15, 0.2) is 11.6 Å². The molecule has 7 heteroatoms. The van der Waals surface area contributed by atoms with Gasteiger partial charge in [0, 0.05) is 24.5 Å². The van der Waals surface area contributed by atoms with Crippen LogP contribution in [0.4, 0.5) is 10.6 Å². The smallest absolute Gasteiger partial charge is 0.412 e. The molecule has 1 N–H and O–H groups in total. The minimum atomic E-state index is -1.18. The number of pyridine rings is 1. The van der Waals surface area contributed by atoms with E-state index in [1.165, 1.54) is 18.7 Å². The van der Waals surface area contributed by atoms with Crippen molar-refractivity contribution in [2.24, 2.45) is 7.05 Å². The molecule has 6 nitrogen and oxygen atoms in total. The molecule has 0 saturated heterocycles. The number of rotatable bonds is 4. The highest BCUT2D eigenvalue weighted by molar-refractivity contribution is 6.31. The highest BCUT2D eigenvalue weighted by Gasteiger charge is 2.22. The zero-order chi connectivity index (χ0) is 16.4. The van der Waals surface area contributed by atoms with Crippen LogP contribution in [-0.4, -0.2) is 29.4 Å². The first kappa shape index (κ1) is 16.2. The fraction of sp³-hybridized carbons (Fsp3) is 0.333. The number of amides is 1. The van der Waals surface area contributed by atoms with Crippen molar-refractivity contribution in [2.45, 2.75) is 13.3 Å². The summed E-state index contributed by atoms with van der Waals surface area (Å²) in [5.41, 5.74) is -0.307. The molecule has 22 heavy (non-hydrogen) atoms. The van der Waals surface area contributed by atoms with E-state index in [1.54, 1.807) is 18.2 Å². The van der Waals surface area contributed by atoms with Gasteiger partial charge in [-0.3, -0.25) is 14.3 Å². The van der Waals surface area contributed by atoms with E-state index in [0.29, 0.717) is 28.2 Å². The van der Waals surface area contributed by atoms with Gasteiger partial charge in [-0.2, -0.15) is 0 Å². The molecule has 0 fully saturated rings. The van der Waals surface area contributed by atoms with Gasteiger partial charge in [-0.15, -0.1) is 0 Å². The lowest BCUT2D eigenvalue weighted by molar-refractivity contribution is 0.202. The number of hydrogen-bond donors (Lipinski definition) is 1. The van der Waals surface area contributed by atoms with E-state index in [-0.39, 0.29) is 11.4 Å². The number of hydrogen-bond acceptors (Lipinski definition) is 3. The van der Waals surface area contributed by atoms with Gasteiger partial charge in [0.2, 0.25) is 0 Å². The Hall–Kier alpha value is -2.21. The fourth-order valence-electron chi connectivity index (χ4n) is 2.25. The quantitative estimate of drug-likeness (QED) is 0.938. The lowest BCUT2D eigenvalue weighted by Crippen LogP contribution is -2.32. The highest BCUT2D eigenvalue weighted by Crippen LogP contribution is 2.35. The molecule has 0 saturated carbocycles. The lowest BCUT2D eigenvalue weighted by Gasteiger charge is -2.22. The van der Waals surface area contributed by atoms with Crippen molar-refractivity contribution in [1.29, 1.82) is 0 Å². The van der Waals surface area contributed by atoms with E-state index in [1.807, 2.05) is 6.92 Å². The molecule has 0 aliphatic rings. The number of ether oxygens (including phenoxy) is 1. The molecule has 0 aliphatic carbocycles. The number of carbonyl (C=O) groups is 1. The molecule has 0 bridgehead atoms. The largest absolute Gasteiger partial charge is 0.489 e. The third-order valence-electron chi connectivity index (χ3n) is 3.34. The SMILES string of the molecule is CCCOc1c(N(C)C(=O)O)n(C)c(=O)c2ccc(Cl)cc12. The second-order valence-corrected chi connectivity index (χ2v) is 5.33. The summed E-state index contributed by atoms with van der Waals surface area (Å²) in [5.74, 6) is 0.520. The zero-order valence-corrected chi connectivity index (χ0v) is 13.3. The first-order chi connectivity index (χ1) is 10.4. The fourth-order valence-corrected chi connectivity index (χ4v) is 2.43. The van der Waals surface area contributed by atoms with E-state index in [0.717, 1.165) is 11.3 Å². The van der Waals surface area contributed by atoms with Crippen molar-refractivity contribution in [3.8, 4) is 5.75 Å². The molecule has 2 aromatic rings. The molecule has 0 aliphatic heterocycles. The van der Waals surface area contributed by atoms with E-state index in [9.17, 15) is 14.7 Å². The van der Waals surface area contributed by atoms with Gasteiger partial charge < -0.3 is 9.84 Å². The average molecular weight is 325 g/mol. The number of benzene rings is 1. The van der Waals surface area contributed by atoms with Crippen LogP contribution in [0.15, 0.2) is 23.0 Å². The van der Waals surface area contributed by atoms with Gasteiger partial charge in [-0.05, 0) is 24.6 Å². The maximum absolute atomic E-state index is 12.5. The van der Waals surface area contributed by atoms with Crippen LogP contribution >= 0.6 is 11.6 Å². The summed E-state index contributed by atoms with van der Waals surface area (Å²) in [6.45, 7) is 2.35. The number of nitrogens with zero attached hydrogens (tertiary/aromatic N) is 2. The Balaban J connectivity index is 2.88. The van der Waals surface area contributed by atoms with Crippen molar-refractivity contribution in [1.82, 2.24) is 4.57 Å². The molecule has 0 radical (unpaired) electrons. The van der Waals surface area contributed by atoms with Crippen LogP contribution in [0.3, 0.4) is 0 Å². The van der Waals surface area contributed by atoms with Gasteiger partial charge in [0.1, 0.15) is 0 Å². The maximum Gasteiger partial charge on any atom is 0.412 e. The predicted molar refractivity (Wildman–Crippen MR) is 86.4 cm³/mol. The molecular weight excluding hydrogens is 308 g/mol. The number of carboxylic acid groups (broad SMARTS) is 1. The first-order valence-electron chi connectivity index (χ1n) is 6.80. The Labute approximate surface area is 132 Å². The summed E-state index contributed by atoms with van der Waals surface area (Å²) in [6.07, 6.45) is -0.432. The molecule has 118 valence electrons. The molecule has 1 heterocycles. The van der Waals surface area contributed by atoms with Crippen LogP contribution in [0.5, 0.6) is 5.75 Å². The minimum absolute atomic E-state index is 0.181. The van der Waals surface area contributed by atoms with Gasteiger partial charge in [0.25, 0.3) is 5.56 Å². The highest BCUT2D eigenvalue weighted by atomic mass is 35.5. The van der Waals surface area contributed by atoms with Gasteiger partial charge >= 0.3 is 6.09 Å². The molecule has 1 aromatic heterocycles. The minimum Gasteiger partial charge on any atom is -0.489 e. The maximum atomic E-state index is 12.5. The van der Waals surface area contributed by atoms with Crippen LogP contribution < -0.4 is 15.2 Å². The standard InChI is InChI=1S/C15H17ClN2O4/c1-4-7-22-12-11-8-9(16)5-6-10(11)14(19)17(2)13(12)18(3)15(20)21/h5-6,8H,4,7H2,1-3H3,(H,20,21). The lowest BCUT2D eigenvalue weighted by atomic mass is 10.1. The molecule has 1 aromatic carbocycles. The first-order valence-corrected chi connectivity index (χ1v) is 7.18. The van der Waals surface area contributed by atoms with E-state index in [2.05, 4.69) is 0 Å². The van der Waals surface area contributed by atoms with Crippen LogP contribution in [0.2, 0.25) is 5.02 Å². The summed E-state index contributed by atoms with van der Waals surface area (Å²) in [6, 6.07) is 4.85. The van der Waals surface area contributed by atoms with Crippen molar-refractivity contribution >= 4 is 34.3 Å². The second-order valence-electron chi connectivity index (χ2n) is 4.90. The topological polar surface area (TPSA) is 71.8 Å². The van der Waals surface area contributed by atoms with Gasteiger partial charge in [-0.25, -0.2) is 4.79 Å². The van der Waals surface area contributed by atoms with Crippen LogP contribution in [0, 0.1) is 0 Å². The Kier molecular flexibility index (Phi) is 4.61. The number of fused-ring (bicyclic) bond motifs is 1. The molecule has 0 unspecified atom stereocenters. The Morgan fingerprint density at radius 3 is 2.68 bits per heavy atom. The van der Waals surface area contributed by atoms with Gasteiger partial charge in [-0.1, -0.05) is 18.5 Å². The second kappa shape index (κ2) is 6.27. The molecular formula is C15H17ClN2O4. The van der Waals surface area contributed by atoms with Crippen LogP contribution in [0.1, 0.15) is 13.3 Å². The Morgan fingerprint density at radius 1 is 1.41 bits per heavy atom. The van der Waals surface area contributed by atoms with Crippen molar-refractivity contribution in [3.63, 3.8) is 0 Å². The monoisotopic (exact) mass is 324 g/mol. The summed E-state index contributed by atoms with van der Waals surface area (Å²) in [4.78, 5) is 24.7. The number of aromatic nitrogens is 1. The zero-order valence-electron chi connectivity index (χ0n) is 12.6. The van der Waals surface area contributed by atoms with Crippen LogP contribution in [0.25, 0.3) is 10.8 Å². The number of halogens is 1. The normalized spacial score (nSPS) is 10.7. The molecule has 0 spiro atoms. The van der Waals surface area contributed by atoms with E-state index in [4.69, 9.17) is 16.3 Å². The van der Waals surface area contributed by atoms with Crippen molar-refractivity contribution in [2.75, 3.05) is 18.6 Å². The van der Waals surface area contributed by atoms with Gasteiger partial charge in [0.05, 0.1) is 12.0 Å². The number of anilines is 1. The third kappa shape index (κ3) is 2.74. The summed E-state index contributed by atoms with van der Waals surface area (Å²) >= 11 is 6.02. The summed E-state index contributed by atoms with van der Waals surface area (Å²) in [5, 5.41) is 10.6.